The summed E-state index contributed by atoms with van der Waals surface area (Å²) in [7, 11) is 0. The average molecular weight is 267 g/mol. The summed E-state index contributed by atoms with van der Waals surface area (Å²) in [5, 5.41) is 5.46. The highest BCUT2D eigenvalue weighted by atomic mass is 35.5. The topological polar surface area (TPSA) is 24.9 Å². The molecule has 17 heavy (non-hydrogen) atoms. The van der Waals surface area contributed by atoms with Crippen LogP contribution in [0, 0.1) is 5.92 Å². The Hall–Kier alpha value is -0.640. The Morgan fingerprint density at radius 3 is 3.18 bits per heavy atom. The highest BCUT2D eigenvalue weighted by molar-refractivity contribution is 7.19. The van der Waals surface area contributed by atoms with Gasteiger partial charge in [-0.15, -0.1) is 11.3 Å². The number of rotatable bonds is 3. The zero-order valence-corrected chi connectivity index (χ0v) is 11.2. The predicted molar refractivity (Wildman–Crippen MR) is 73.9 cm³/mol. The van der Waals surface area contributed by atoms with Gasteiger partial charge < -0.3 is 5.32 Å². The van der Waals surface area contributed by atoms with Gasteiger partial charge >= 0.3 is 0 Å². The molecule has 0 radical (unpaired) electrons. The van der Waals surface area contributed by atoms with Crippen molar-refractivity contribution in [1.29, 1.82) is 0 Å². The third kappa shape index (κ3) is 2.46. The van der Waals surface area contributed by atoms with Crippen LogP contribution in [0.5, 0.6) is 0 Å². The monoisotopic (exact) mass is 266 g/mol. The Morgan fingerprint density at radius 2 is 2.41 bits per heavy atom. The van der Waals surface area contributed by atoms with Gasteiger partial charge in [0, 0.05) is 0 Å². The van der Waals surface area contributed by atoms with Gasteiger partial charge in [0.05, 0.1) is 20.2 Å². The summed E-state index contributed by atoms with van der Waals surface area (Å²) in [4.78, 5) is 4.65. The highest BCUT2D eigenvalue weighted by Gasteiger charge is 2.15. The van der Waals surface area contributed by atoms with E-state index in [9.17, 15) is 0 Å². The average Bonchev–Trinajstić information content (AvgIpc) is 2.95. The van der Waals surface area contributed by atoms with E-state index >= 15 is 0 Å². The maximum Gasteiger partial charge on any atom is 0.0939 e. The Balaban J connectivity index is 1.74. The summed E-state index contributed by atoms with van der Waals surface area (Å²) in [5.41, 5.74) is 1.04. The minimum absolute atomic E-state index is 0.828. The zero-order chi connectivity index (χ0) is 11.7. The number of hydrogen-bond acceptors (Lipinski definition) is 3. The van der Waals surface area contributed by atoms with Gasteiger partial charge in [-0.2, -0.15) is 0 Å². The lowest BCUT2D eigenvalue weighted by molar-refractivity contribution is 0.532. The van der Waals surface area contributed by atoms with Crippen molar-refractivity contribution in [3.8, 4) is 0 Å². The lowest BCUT2D eigenvalue weighted by atomic mass is 10.0. The summed E-state index contributed by atoms with van der Waals surface area (Å²) in [6, 6.07) is 5.94. The van der Waals surface area contributed by atoms with Crippen LogP contribution in [0.3, 0.4) is 0 Å². The van der Waals surface area contributed by atoms with Crippen LogP contribution < -0.4 is 5.32 Å². The molecule has 1 unspecified atom stereocenters. The van der Waals surface area contributed by atoms with E-state index in [0.29, 0.717) is 0 Å². The minimum Gasteiger partial charge on any atom is -0.316 e. The molecule has 90 valence electrons. The molecule has 4 heteroatoms. The van der Waals surface area contributed by atoms with Crippen molar-refractivity contribution in [2.75, 3.05) is 13.1 Å². The van der Waals surface area contributed by atoms with Crippen molar-refractivity contribution in [2.45, 2.75) is 19.3 Å². The van der Waals surface area contributed by atoms with Gasteiger partial charge in [0.2, 0.25) is 0 Å². The third-order valence-corrected chi connectivity index (χ3v) is 4.93. The first-order chi connectivity index (χ1) is 8.33. The zero-order valence-electron chi connectivity index (χ0n) is 9.58. The number of fused-ring (bicyclic) bond motifs is 1. The van der Waals surface area contributed by atoms with Gasteiger partial charge in [0.25, 0.3) is 0 Å². The lowest BCUT2D eigenvalue weighted by Crippen LogP contribution is -2.09. The summed E-state index contributed by atoms with van der Waals surface area (Å²) in [6.07, 6.45) is 3.64. The van der Waals surface area contributed by atoms with E-state index in [1.807, 2.05) is 18.2 Å². The molecule has 1 atom stereocenters. The molecule has 1 aliphatic heterocycles. The van der Waals surface area contributed by atoms with Crippen molar-refractivity contribution >= 4 is 33.2 Å². The predicted octanol–water partition coefficient (Wildman–Crippen LogP) is 3.49. The standard InChI is InChI=1S/C13H15ClN2S/c14-10-2-1-3-11-13(10)17-12(16-11)5-4-9-6-7-15-8-9/h1-3,9,15H,4-8H2. The molecule has 1 aliphatic rings. The van der Waals surface area contributed by atoms with Crippen LogP contribution in [0.2, 0.25) is 5.02 Å². The van der Waals surface area contributed by atoms with Gasteiger partial charge in [-0.05, 0) is 50.4 Å². The Kier molecular flexibility index (Phi) is 3.32. The van der Waals surface area contributed by atoms with E-state index in [0.717, 1.165) is 27.6 Å². The summed E-state index contributed by atoms with van der Waals surface area (Å²) in [5.74, 6) is 0.831. The number of nitrogens with zero attached hydrogens (tertiary/aromatic N) is 1. The Morgan fingerprint density at radius 1 is 1.47 bits per heavy atom. The van der Waals surface area contributed by atoms with Crippen LogP contribution >= 0.6 is 22.9 Å². The first-order valence-electron chi connectivity index (χ1n) is 6.07. The maximum absolute atomic E-state index is 6.16. The lowest BCUT2D eigenvalue weighted by Gasteiger charge is -2.04. The molecule has 2 nitrogen and oxygen atoms in total. The molecular weight excluding hydrogens is 252 g/mol. The van der Waals surface area contributed by atoms with Crippen molar-refractivity contribution in [1.82, 2.24) is 10.3 Å². The van der Waals surface area contributed by atoms with Crippen molar-refractivity contribution in [3.63, 3.8) is 0 Å². The van der Waals surface area contributed by atoms with Crippen molar-refractivity contribution in [2.24, 2.45) is 5.92 Å². The molecule has 1 aromatic carbocycles. The highest BCUT2D eigenvalue weighted by Crippen LogP contribution is 2.30. The first kappa shape index (κ1) is 11.5. The van der Waals surface area contributed by atoms with E-state index in [4.69, 9.17) is 11.6 Å². The van der Waals surface area contributed by atoms with E-state index in [1.165, 1.54) is 30.9 Å². The van der Waals surface area contributed by atoms with Crippen LogP contribution in [0.4, 0.5) is 0 Å². The van der Waals surface area contributed by atoms with Gasteiger partial charge in [-0.25, -0.2) is 4.98 Å². The molecule has 1 N–H and O–H groups in total. The van der Waals surface area contributed by atoms with Gasteiger partial charge in [0.1, 0.15) is 0 Å². The SMILES string of the molecule is Clc1cccc2nc(CCC3CCNC3)sc12. The van der Waals surface area contributed by atoms with Crippen LogP contribution in [0.15, 0.2) is 18.2 Å². The number of thiazole rings is 1. The first-order valence-corrected chi connectivity index (χ1v) is 7.27. The molecule has 1 fully saturated rings. The molecule has 0 bridgehead atoms. The fourth-order valence-corrected chi connectivity index (χ4v) is 3.63. The number of hydrogen-bond donors (Lipinski definition) is 1. The van der Waals surface area contributed by atoms with E-state index in [-0.39, 0.29) is 0 Å². The van der Waals surface area contributed by atoms with Crippen LogP contribution in [-0.2, 0) is 6.42 Å². The van der Waals surface area contributed by atoms with Gasteiger partial charge in [0.15, 0.2) is 0 Å². The molecule has 1 aromatic heterocycles. The molecule has 0 spiro atoms. The molecule has 2 heterocycles. The van der Waals surface area contributed by atoms with Crippen LogP contribution in [0.1, 0.15) is 17.8 Å². The van der Waals surface area contributed by atoms with E-state index in [1.54, 1.807) is 11.3 Å². The van der Waals surface area contributed by atoms with Gasteiger partial charge in [-0.3, -0.25) is 0 Å². The molecule has 0 saturated carbocycles. The fraction of sp³-hybridized carbons (Fsp3) is 0.462. The van der Waals surface area contributed by atoms with Crippen molar-refractivity contribution < 1.29 is 0 Å². The Bertz CT molecular complexity index is 517. The third-order valence-electron chi connectivity index (χ3n) is 3.34. The Labute approximate surface area is 110 Å². The summed E-state index contributed by atoms with van der Waals surface area (Å²) < 4.78 is 1.13. The largest absolute Gasteiger partial charge is 0.316 e. The molecule has 1 saturated heterocycles. The van der Waals surface area contributed by atoms with Crippen LogP contribution in [0.25, 0.3) is 10.2 Å². The fourth-order valence-electron chi connectivity index (χ4n) is 2.36. The van der Waals surface area contributed by atoms with Gasteiger partial charge in [-0.1, -0.05) is 17.7 Å². The molecule has 2 aromatic rings. The second-order valence-electron chi connectivity index (χ2n) is 4.59. The number of aryl methyl sites for hydroxylation is 1. The van der Waals surface area contributed by atoms with E-state index in [2.05, 4.69) is 10.3 Å². The minimum atomic E-state index is 0.828. The quantitative estimate of drug-likeness (QED) is 0.920. The van der Waals surface area contributed by atoms with Crippen LogP contribution in [-0.4, -0.2) is 18.1 Å². The summed E-state index contributed by atoms with van der Waals surface area (Å²) >= 11 is 7.90. The molecule has 3 rings (SSSR count). The number of benzene rings is 1. The molecular formula is C13H15ClN2S. The normalized spacial score (nSPS) is 20.2. The van der Waals surface area contributed by atoms with Crippen molar-refractivity contribution in [3.05, 3.63) is 28.2 Å². The number of nitrogens with one attached hydrogen (secondary N) is 1. The molecule has 0 aliphatic carbocycles. The maximum atomic E-state index is 6.16. The summed E-state index contributed by atoms with van der Waals surface area (Å²) in [6.45, 7) is 2.35. The number of halogens is 1. The van der Waals surface area contributed by atoms with E-state index < -0.39 is 0 Å². The second-order valence-corrected chi connectivity index (χ2v) is 6.08. The number of aromatic nitrogens is 1. The second kappa shape index (κ2) is 4.92. The molecule has 0 amide bonds. The smallest absolute Gasteiger partial charge is 0.0939 e.